The minimum Gasteiger partial charge on any atom is -0.496 e. The van der Waals surface area contributed by atoms with Crippen molar-refractivity contribution in [2.24, 2.45) is 0 Å². The van der Waals surface area contributed by atoms with Crippen molar-refractivity contribution in [2.45, 2.75) is 37.1 Å². The molecule has 118 valence electrons. The molecule has 2 N–H and O–H groups in total. The molecule has 21 heavy (non-hydrogen) atoms. The van der Waals surface area contributed by atoms with E-state index in [0.717, 1.165) is 0 Å². The van der Waals surface area contributed by atoms with E-state index in [1.165, 1.54) is 19.2 Å². The molecule has 0 aromatic heterocycles. The third-order valence-corrected chi connectivity index (χ3v) is 5.16. The fourth-order valence-electron chi connectivity index (χ4n) is 1.70. The van der Waals surface area contributed by atoms with Crippen LogP contribution < -0.4 is 9.46 Å². The van der Waals surface area contributed by atoms with Crippen LogP contribution in [-0.2, 0) is 14.8 Å². The maximum Gasteiger partial charge on any atom is 0.303 e. The SMILES string of the molecule is COc1cc(S(=O)(=O)NC(C)(C)CCC(=O)O)ccc1Br. The quantitative estimate of drug-likeness (QED) is 0.758. The highest BCUT2D eigenvalue weighted by atomic mass is 79.9. The van der Waals surface area contributed by atoms with E-state index in [0.29, 0.717) is 10.2 Å². The van der Waals surface area contributed by atoms with Crippen LogP contribution in [-0.4, -0.2) is 32.1 Å². The summed E-state index contributed by atoms with van der Waals surface area (Å²) in [6, 6.07) is 4.43. The summed E-state index contributed by atoms with van der Waals surface area (Å²) >= 11 is 3.25. The largest absolute Gasteiger partial charge is 0.496 e. The van der Waals surface area contributed by atoms with E-state index >= 15 is 0 Å². The molecule has 0 saturated carbocycles. The number of halogens is 1. The van der Waals surface area contributed by atoms with Crippen LogP contribution >= 0.6 is 15.9 Å². The summed E-state index contributed by atoms with van der Waals surface area (Å²) in [6.07, 6.45) is 0.0778. The molecular formula is C13H18BrNO5S. The van der Waals surface area contributed by atoms with Gasteiger partial charge in [-0.05, 0) is 48.3 Å². The summed E-state index contributed by atoms with van der Waals surface area (Å²) in [7, 11) is -2.31. The number of carbonyl (C=O) groups is 1. The standard InChI is InChI=1S/C13H18BrNO5S/c1-13(2,7-6-12(16)17)15-21(18,19)9-4-5-10(14)11(8-9)20-3/h4-5,8,15H,6-7H2,1-3H3,(H,16,17). The smallest absolute Gasteiger partial charge is 0.303 e. The zero-order chi connectivity index (χ0) is 16.3. The van der Waals surface area contributed by atoms with E-state index in [-0.39, 0.29) is 17.7 Å². The van der Waals surface area contributed by atoms with Gasteiger partial charge in [0.1, 0.15) is 5.75 Å². The van der Waals surface area contributed by atoms with Gasteiger partial charge in [0.15, 0.2) is 0 Å². The fraction of sp³-hybridized carbons (Fsp3) is 0.462. The van der Waals surface area contributed by atoms with Crippen LogP contribution in [0.25, 0.3) is 0 Å². The number of nitrogens with one attached hydrogen (secondary N) is 1. The van der Waals surface area contributed by atoms with Crippen molar-refractivity contribution in [3.8, 4) is 5.75 Å². The molecule has 0 heterocycles. The second kappa shape index (κ2) is 6.76. The van der Waals surface area contributed by atoms with Gasteiger partial charge in [0.2, 0.25) is 10.0 Å². The van der Waals surface area contributed by atoms with E-state index in [2.05, 4.69) is 20.7 Å². The van der Waals surface area contributed by atoms with Gasteiger partial charge >= 0.3 is 5.97 Å². The van der Waals surface area contributed by atoms with Crippen molar-refractivity contribution in [3.05, 3.63) is 22.7 Å². The lowest BCUT2D eigenvalue weighted by molar-refractivity contribution is -0.137. The van der Waals surface area contributed by atoms with Crippen molar-refractivity contribution in [2.75, 3.05) is 7.11 Å². The first-order valence-corrected chi connectivity index (χ1v) is 8.44. The monoisotopic (exact) mass is 379 g/mol. The van der Waals surface area contributed by atoms with Crippen LogP contribution in [0.2, 0.25) is 0 Å². The minimum atomic E-state index is -3.76. The highest BCUT2D eigenvalue weighted by Crippen LogP contribution is 2.28. The molecule has 0 radical (unpaired) electrons. The Morgan fingerprint density at radius 1 is 1.43 bits per heavy atom. The topological polar surface area (TPSA) is 92.7 Å². The minimum absolute atomic E-state index is 0.0611. The summed E-state index contributed by atoms with van der Waals surface area (Å²) in [5.41, 5.74) is -0.864. The van der Waals surface area contributed by atoms with Crippen molar-refractivity contribution < 1.29 is 23.1 Å². The Kier molecular flexibility index (Phi) is 5.77. The number of carboxylic acids is 1. The Hall–Kier alpha value is -1.12. The molecule has 0 aliphatic carbocycles. The average Bonchev–Trinajstić information content (AvgIpc) is 2.35. The van der Waals surface area contributed by atoms with Crippen LogP contribution in [0.4, 0.5) is 0 Å². The summed E-state index contributed by atoms with van der Waals surface area (Å²) in [5.74, 6) is -0.561. The van der Waals surface area contributed by atoms with Gasteiger partial charge < -0.3 is 9.84 Å². The third kappa shape index (κ3) is 5.29. The Labute approximate surface area is 132 Å². The molecule has 0 atom stereocenters. The maximum absolute atomic E-state index is 12.3. The molecular weight excluding hydrogens is 362 g/mol. The predicted molar refractivity (Wildman–Crippen MR) is 82.0 cm³/mol. The average molecular weight is 380 g/mol. The van der Waals surface area contributed by atoms with E-state index in [1.807, 2.05) is 0 Å². The van der Waals surface area contributed by atoms with Gasteiger partial charge in [-0.2, -0.15) is 0 Å². The van der Waals surface area contributed by atoms with Gasteiger partial charge in [-0.3, -0.25) is 4.79 Å². The maximum atomic E-state index is 12.3. The van der Waals surface area contributed by atoms with E-state index in [1.54, 1.807) is 19.9 Å². The molecule has 0 aliphatic rings. The molecule has 0 saturated heterocycles. The zero-order valence-corrected chi connectivity index (χ0v) is 14.4. The first-order chi connectivity index (χ1) is 9.57. The number of carboxylic acid groups (broad SMARTS) is 1. The fourth-order valence-corrected chi connectivity index (χ4v) is 3.57. The molecule has 6 nitrogen and oxygen atoms in total. The Bertz CT molecular complexity index is 627. The zero-order valence-electron chi connectivity index (χ0n) is 12.0. The van der Waals surface area contributed by atoms with Crippen LogP contribution in [0.15, 0.2) is 27.6 Å². The number of hydrogen-bond donors (Lipinski definition) is 2. The number of ether oxygens (including phenoxy) is 1. The van der Waals surface area contributed by atoms with Gasteiger partial charge in [-0.15, -0.1) is 0 Å². The van der Waals surface area contributed by atoms with Gasteiger partial charge in [-0.25, -0.2) is 13.1 Å². The van der Waals surface area contributed by atoms with E-state index in [9.17, 15) is 13.2 Å². The lowest BCUT2D eigenvalue weighted by Crippen LogP contribution is -2.43. The van der Waals surface area contributed by atoms with Crippen LogP contribution in [0.1, 0.15) is 26.7 Å². The summed E-state index contributed by atoms with van der Waals surface area (Å²) in [5, 5.41) is 8.69. The molecule has 0 fully saturated rings. The van der Waals surface area contributed by atoms with Gasteiger partial charge in [0, 0.05) is 18.0 Å². The Morgan fingerprint density at radius 3 is 2.57 bits per heavy atom. The van der Waals surface area contributed by atoms with Crippen LogP contribution in [0, 0.1) is 0 Å². The van der Waals surface area contributed by atoms with Crippen molar-refractivity contribution in [1.29, 1.82) is 0 Å². The van der Waals surface area contributed by atoms with E-state index in [4.69, 9.17) is 9.84 Å². The number of methoxy groups -OCH3 is 1. The number of aliphatic carboxylic acids is 1. The van der Waals surface area contributed by atoms with Crippen LogP contribution in [0.5, 0.6) is 5.75 Å². The van der Waals surface area contributed by atoms with Gasteiger partial charge in [0.25, 0.3) is 0 Å². The molecule has 1 aromatic rings. The first-order valence-electron chi connectivity index (χ1n) is 6.17. The first kappa shape index (κ1) is 17.9. The lowest BCUT2D eigenvalue weighted by atomic mass is 10.0. The van der Waals surface area contributed by atoms with E-state index < -0.39 is 21.5 Å². The summed E-state index contributed by atoms with van der Waals surface area (Å²) in [6.45, 7) is 3.28. The van der Waals surface area contributed by atoms with Crippen LogP contribution in [0.3, 0.4) is 0 Å². The molecule has 1 rings (SSSR count). The van der Waals surface area contributed by atoms with Crippen molar-refractivity contribution in [1.82, 2.24) is 4.72 Å². The lowest BCUT2D eigenvalue weighted by Gasteiger charge is -2.25. The molecule has 8 heteroatoms. The van der Waals surface area contributed by atoms with Crippen molar-refractivity contribution >= 4 is 31.9 Å². The van der Waals surface area contributed by atoms with Crippen molar-refractivity contribution in [3.63, 3.8) is 0 Å². The normalized spacial score (nSPS) is 12.2. The Balaban J connectivity index is 2.98. The summed E-state index contributed by atoms with van der Waals surface area (Å²) < 4.78 is 32.9. The highest BCUT2D eigenvalue weighted by molar-refractivity contribution is 9.10. The molecule has 0 amide bonds. The third-order valence-electron chi connectivity index (χ3n) is 2.81. The molecule has 0 bridgehead atoms. The molecule has 0 unspecified atom stereocenters. The second-order valence-electron chi connectivity index (χ2n) is 5.18. The molecule has 0 spiro atoms. The second-order valence-corrected chi connectivity index (χ2v) is 7.72. The molecule has 1 aromatic carbocycles. The number of rotatable bonds is 7. The number of sulfonamides is 1. The number of hydrogen-bond acceptors (Lipinski definition) is 4. The number of benzene rings is 1. The Morgan fingerprint density at radius 2 is 2.05 bits per heavy atom. The van der Waals surface area contributed by atoms with Gasteiger partial charge in [-0.1, -0.05) is 0 Å². The van der Waals surface area contributed by atoms with Gasteiger partial charge in [0.05, 0.1) is 16.5 Å². The predicted octanol–water partition coefficient (Wildman–Crippen LogP) is 2.38. The summed E-state index contributed by atoms with van der Waals surface area (Å²) in [4.78, 5) is 10.7. The highest BCUT2D eigenvalue weighted by Gasteiger charge is 2.27. The molecule has 0 aliphatic heterocycles.